The molecule has 1 rings (SSSR count). The number of imide groups is 1. The highest BCUT2D eigenvalue weighted by Crippen LogP contribution is 2.10. The number of nitrogens with two attached hydrogens (primary N) is 2. The third kappa shape index (κ3) is 3.68. The summed E-state index contributed by atoms with van der Waals surface area (Å²) in [4.78, 5) is 28.1. The maximum Gasteiger partial charge on any atom is 0.372 e. The molecular formula is C9H14BrN7O2. The van der Waals surface area contributed by atoms with Crippen molar-refractivity contribution in [2.45, 2.75) is 0 Å². The predicted molar refractivity (Wildman–Crippen MR) is 70.5 cm³/mol. The third-order valence-electron chi connectivity index (χ3n) is 2.05. The average molecular weight is 332 g/mol. The molecule has 10 heteroatoms. The highest BCUT2D eigenvalue weighted by molar-refractivity contribution is 9.10. The van der Waals surface area contributed by atoms with Gasteiger partial charge in [0.05, 0.1) is 0 Å². The number of rotatable bonds is 3. The molecule has 1 heterocycles. The van der Waals surface area contributed by atoms with Crippen LogP contribution in [0.15, 0.2) is 22.8 Å². The second kappa shape index (κ2) is 6.54. The molecule has 0 radical (unpaired) electrons. The molecule has 0 spiro atoms. The van der Waals surface area contributed by atoms with Gasteiger partial charge in [0.2, 0.25) is 0 Å². The van der Waals surface area contributed by atoms with Crippen molar-refractivity contribution in [3.8, 4) is 0 Å². The van der Waals surface area contributed by atoms with E-state index < -0.39 is 11.9 Å². The zero-order valence-electron chi connectivity index (χ0n) is 10.4. The minimum atomic E-state index is -0.848. The summed E-state index contributed by atoms with van der Waals surface area (Å²) in [6, 6.07) is 3.92. The van der Waals surface area contributed by atoms with E-state index in [4.69, 9.17) is 11.7 Å². The van der Waals surface area contributed by atoms with Crippen molar-refractivity contribution in [3.05, 3.63) is 28.5 Å². The van der Waals surface area contributed by atoms with Gasteiger partial charge in [-0.15, -0.1) is 0 Å². The van der Waals surface area contributed by atoms with Gasteiger partial charge in [0.1, 0.15) is 10.3 Å². The van der Waals surface area contributed by atoms with Crippen LogP contribution in [0, 0.1) is 0 Å². The first-order valence-corrected chi connectivity index (χ1v) is 5.87. The molecule has 104 valence electrons. The number of aromatic nitrogens is 1. The lowest BCUT2D eigenvalue weighted by molar-refractivity contribution is 0.0235. The summed E-state index contributed by atoms with van der Waals surface area (Å²) in [7, 11) is 3.02. The Labute approximate surface area is 118 Å². The second-order valence-corrected chi connectivity index (χ2v) is 4.40. The van der Waals surface area contributed by atoms with Crippen molar-refractivity contribution in [3.63, 3.8) is 0 Å². The average Bonchev–Trinajstić information content (AvgIpc) is 2.37. The number of nitrogens with zero attached hydrogens (tertiary/aromatic N) is 4. The molecule has 19 heavy (non-hydrogen) atoms. The monoisotopic (exact) mass is 331 g/mol. The molecule has 0 bridgehead atoms. The fraction of sp³-hybridized carbons (Fsp3) is 0.222. The van der Waals surface area contributed by atoms with Crippen molar-refractivity contribution in [2.24, 2.45) is 11.7 Å². The molecular weight excluding hydrogens is 318 g/mol. The predicted octanol–water partition coefficient (Wildman–Crippen LogP) is -0.563. The molecule has 1 aromatic rings. The molecule has 0 fully saturated rings. The maximum absolute atomic E-state index is 12.2. The lowest BCUT2D eigenvalue weighted by Gasteiger charge is -2.29. The van der Waals surface area contributed by atoms with Gasteiger partial charge in [-0.3, -0.25) is 10.6 Å². The molecule has 5 N–H and O–H groups in total. The smallest absolute Gasteiger partial charge is 0.265 e. The summed E-state index contributed by atoms with van der Waals surface area (Å²) in [5.41, 5.74) is 2.01. The lowest BCUT2D eigenvalue weighted by Crippen LogP contribution is -2.60. The topological polar surface area (TPSA) is 121 Å². The number of amides is 3. The van der Waals surface area contributed by atoms with E-state index in [-0.39, 0.29) is 5.69 Å². The molecule has 0 aliphatic rings. The van der Waals surface area contributed by atoms with E-state index >= 15 is 0 Å². The first-order chi connectivity index (χ1) is 8.88. The van der Waals surface area contributed by atoms with E-state index in [1.54, 1.807) is 12.1 Å². The molecule has 1 aromatic heterocycles. The minimum absolute atomic E-state index is 0.0850. The van der Waals surface area contributed by atoms with Crippen molar-refractivity contribution >= 4 is 27.9 Å². The number of carbonyl (C=O) groups is 2. The molecule has 0 aliphatic heterocycles. The van der Waals surface area contributed by atoms with Gasteiger partial charge in [0.25, 0.3) is 5.91 Å². The molecule has 3 amide bonds. The van der Waals surface area contributed by atoms with Crippen LogP contribution in [0.25, 0.3) is 0 Å². The summed E-state index contributed by atoms with van der Waals surface area (Å²) in [6.07, 6.45) is 0. The molecule has 0 saturated heterocycles. The summed E-state index contributed by atoms with van der Waals surface area (Å²) in [5.74, 6) is 9.69. The molecule has 0 aromatic carbocycles. The van der Waals surface area contributed by atoms with Crippen LogP contribution in [0.5, 0.6) is 0 Å². The Morgan fingerprint density at radius 2 is 2.00 bits per heavy atom. The van der Waals surface area contributed by atoms with Crippen LogP contribution < -0.4 is 17.2 Å². The van der Waals surface area contributed by atoms with Crippen LogP contribution in [0.1, 0.15) is 10.5 Å². The highest BCUT2D eigenvalue weighted by atomic mass is 79.9. The lowest BCUT2D eigenvalue weighted by atomic mass is 10.3. The Balaban J connectivity index is 3.07. The zero-order chi connectivity index (χ0) is 14.6. The fourth-order valence-corrected chi connectivity index (χ4v) is 1.58. The van der Waals surface area contributed by atoms with Crippen LogP contribution in [-0.4, -0.2) is 46.2 Å². The van der Waals surface area contributed by atoms with Gasteiger partial charge in [-0.2, -0.15) is 15.7 Å². The maximum atomic E-state index is 12.2. The summed E-state index contributed by atoms with van der Waals surface area (Å²) in [6.45, 7) is 0. The first-order valence-electron chi connectivity index (χ1n) is 5.07. The Kier molecular flexibility index (Phi) is 5.32. The molecule has 0 aliphatic carbocycles. The van der Waals surface area contributed by atoms with Gasteiger partial charge in [-0.1, -0.05) is 6.07 Å². The van der Waals surface area contributed by atoms with E-state index in [0.29, 0.717) is 9.72 Å². The number of halogens is 1. The first kappa shape index (κ1) is 15.5. The Morgan fingerprint density at radius 3 is 2.47 bits per heavy atom. The summed E-state index contributed by atoms with van der Waals surface area (Å²) < 4.78 is 0.478. The number of hydrogen-bond acceptors (Lipinski definition) is 7. The number of nitrogens with one attached hydrogen (secondary N) is 1. The van der Waals surface area contributed by atoms with E-state index in [9.17, 15) is 9.59 Å². The zero-order valence-corrected chi connectivity index (χ0v) is 12.0. The highest BCUT2D eigenvalue weighted by Gasteiger charge is 2.29. The fourth-order valence-electron chi connectivity index (χ4n) is 1.23. The summed E-state index contributed by atoms with van der Waals surface area (Å²) >= 11 is 3.15. The number of hydrazine groups is 4. The van der Waals surface area contributed by atoms with Gasteiger partial charge in [-0.05, 0) is 28.1 Å². The van der Waals surface area contributed by atoms with E-state index in [0.717, 1.165) is 5.01 Å². The number of urea groups is 1. The van der Waals surface area contributed by atoms with Gasteiger partial charge >= 0.3 is 6.03 Å². The molecule has 0 atom stereocenters. The molecule has 9 nitrogen and oxygen atoms in total. The quantitative estimate of drug-likeness (QED) is 0.293. The number of carbonyl (C=O) groups excluding carboxylic acids is 2. The van der Waals surface area contributed by atoms with Crippen molar-refractivity contribution in [1.82, 2.24) is 25.7 Å². The van der Waals surface area contributed by atoms with Crippen molar-refractivity contribution in [2.75, 3.05) is 14.1 Å². The standard InChI is InChI=1S/C9H14BrN7O2/c1-15(2)16(9(19)17(12)14-11)8(18)6-4-3-5-7(10)13-6/h3-5,14H,11-12H2,1-2H3. The van der Waals surface area contributed by atoms with Crippen LogP contribution in [0.4, 0.5) is 4.79 Å². The Morgan fingerprint density at radius 1 is 1.37 bits per heavy atom. The Bertz CT molecular complexity index is 481. The Hall–Kier alpha value is -1.59. The van der Waals surface area contributed by atoms with Crippen LogP contribution in [0.2, 0.25) is 0 Å². The summed E-state index contributed by atoms with van der Waals surface area (Å²) in [5, 5.41) is 2.54. The van der Waals surface area contributed by atoms with Crippen LogP contribution >= 0.6 is 15.9 Å². The number of hydrogen-bond donors (Lipinski definition) is 3. The van der Waals surface area contributed by atoms with E-state index in [1.165, 1.54) is 25.2 Å². The molecule has 0 saturated carbocycles. The van der Waals surface area contributed by atoms with Crippen molar-refractivity contribution < 1.29 is 9.59 Å². The normalized spacial score (nSPS) is 10.4. The second-order valence-electron chi connectivity index (χ2n) is 3.59. The SMILES string of the molecule is CN(C)N(C(=O)c1cccc(Br)n1)C(=O)N(N)NN. The minimum Gasteiger partial charge on any atom is -0.265 e. The van der Waals surface area contributed by atoms with Gasteiger partial charge < -0.3 is 0 Å². The largest absolute Gasteiger partial charge is 0.372 e. The number of pyridine rings is 1. The van der Waals surface area contributed by atoms with Crippen LogP contribution in [-0.2, 0) is 0 Å². The van der Waals surface area contributed by atoms with E-state index in [2.05, 4.69) is 20.9 Å². The third-order valence-corrected chi connectivity index (χ3v) is 2.49. The van der Waals surface area contributed by atoms with Gasteiger partial charge in [-0.25, -0.2) is 20.6 Å². The van der Waals surface area contributed by atoms with Gasteiger partial charge in [0.15, 0.2) is 0 Å². The van der Waals surface area contributed by atoms with Gasteiger partial charge in [0, 0.05) is 14.1 Å². The van der Waals surface area contributed by atoms with E-state index in [1.807, 2.05) is 5.53 Å². The van der Waals surface area contributed by atoms with Crippen molar-refractivity contribution in [1.29, 1.82) is 0 Å². The van der Waals surface area contributed by atoms with Crippen LogP contribution in [0.3, 0.4) is 0 Å². The molecule has 0 unspecified atom stereocenters.